The average Bonchev–Trinajstić information content (AvgIpc) is 3.36. The van der Waals surface area contributed by atoms with Gasteiger partial charge in [0.1, 0.15) is 24.3 Å². The first kappa shape index (κ1) is 15.2. The molecule has 0 amide bonds. The predicted octanol–water partition coefficient (Wildman–Crippen LogP) is 3.66. The standard InChI is InChI=1S/C20H22N2O2/c1-14-5-4-6-17(11-14)24-13-16(23)12-22-19-8-3-2-7-18(19)21-20(22)15-9-10-15/h2-8,11,15-16,23H,9-10,12-13H2,1H3/t16-/m1/s1. The van der Waals surface area contributed by atoms with Gasteiger partial charge in [-0.15, -0.1) is 0 Å². The Morgan fingerprint density at radius 2 is 2.04 bits per heavy atom. The molecule has 1 atom stereocenters. The molecule has 1 aromatic heterocycles. The van der Waals surface area contributed by atoms with Gasteiger partial charge in [0, 0.05) is 5.92 Å². The number of aromatic nitrogens is 2. The lowest BCUT2D eigenvalue weighted by molar-refractivity contribution is 0.0927. The number of hydrogen-bond acceptors (Lipinski definition) is 3. The van der Waals surface area contributed by atoms with Crippen molar-refractivity contribution in [2.24, 2.45) is 0 Å². The van der Waals surface area contributed by atoms with Crippen molar-refractivity contribution in [3.05, 3.63) is 59.9 Å². The summed E-state index contributed by atoms with van der Waals surface area (Å²) in [7, 11) is 0. The molecule has 0 bridgehead atoms. The Bertz CT molecular complexity index is 852. The van der Waals surface area contributed by atoms with Crippen molar-refractivity contribution in [1.82, 2.24) is 9.55 Å². The molecule has 0 spiro atoms. The van der Waals surface area contributed by atoms with E-state index in [9.17, 15) is 5.11 Å². The van der Waals surface area contributed by atoms with E-state index in [-0.39, 0.29) is 6.61 Å². The molecule has 4 rings (SSSR count). The fraction of sp³-hybridized carbons (Fsp3) is 0.350. The quantitative estimate of drug-likeness (QED) is 0.753. The molecule has 0 unspecified atom stereocenters. The van der Waals surface area contributed by atoms with Crippen LogP contribution in [0, 0.1) is 6.92 Å². The van der Waals surface area contributed by atoms with Gasteiger partial charge in [0.15, 0.2) is 0 Å². The van der Waals surface area contributed by atoms with E-state index in [1.807, 2.05) is 49.4 Å². The molecule has 1 heterocycles. The molecule has 2 aromatic carbocycles. The summed E-state index contributed by atoms with van der Waals surface area (Å²) < 4.78 is 7.91. The molecule has 0 saturated heterocycles. The molecular weight excluding hydrogens is 300 g/mol. The molecular formula is C20H22N2O2. The third kappa shape index (κ3) is 3.15. The van der Waals surface area contributed by atoms with Crippen molar-refractivity contribution in [1.29, 1.82) is 0 Å². The number of para-hydroxylation sites is 2. The van der Waals surface area contributed by atoms with E-state index in [1.54, 1.807) is 0 Å². The van der Waals surface area contributed by atoms with Crippen molar-refractivity contribution in [3.63, 3.8) is 0 Å². The number of hydrogen-bond donors (Lipinski definition) is 1. The molecule has 1 saturated carbocycles. The number of aryl methyl sites for hydroxylation is 1. The lowest BCUT2D eigenvalue weighted by atomic mass is 10.2. The van der Waals surface area contributed by atoms with Crippen molar-refractivity contribution < 1.29 is 9.84 Å². The van der Waals surface area contributed by atoms with Crippen molar-refractivity contribution in [2.45, 2.75) is 38.3 Å². The number of nitrogens with zero attached hydrogens (tertiary/aromatic N) is 2. The van der Waals surface area contributed by atoms with Gasteiger partial charge < -0.3 is 14.4 Å². The zero-order valence-corrected chi connectivity index (χ0v) is 13.9. The maximum atomic E-state index is 10.5. The molecule has 1 N–H and O–H groups in total. The summed E-state index contributed by atoms with van der Waals surface area (Å²) in [6, 6.07) is 16.0. The van der Waals surface area contributed by atoms with Gasteiger partial charge in [-0.05, 0) is 49.6 Å². The van der Waals surface area contributed by atoms with Crippen LogP contribution in [0.5, 0.6) is 5.75 Å². The van der Waals surface area contributed by atoms with Gasteiger partial charge in [-0.3, -0.25) is 0 Å². The van der Waals surface area contributed by atoms with Crippen LogP contribution in [0.15, 0.2) is 48.5 Å². The lowest BCUT2D eigenvalue weighted by Crippen LogP contribution is -2.24. The maximum absolute atomic E-state index is 10.5. The van der Waals surface area contributed by atoms with Crippen LogP contribution in [0.25, 0.3) is 11.0 Å². The van der Waals surface area contributed by atoms with Crippen molar-refractivity contribution in [3.8, 4) is 5.75 Å². The number of aliphatic hydroxyl groups is 1. The summed E-state index contributed by atoms with van der Waals surface area (Å²) in [5, 5.41) is 10.5. The zero-order chi connectivity index (χ0) is 16.5. The Hall–Kier alpha value is -2.33. The first-order valence-corrected chi connectivity index (χ1v) is 8.53. The molecule has 124 valence electrons. The summed E-state index contributed by atoms with van der Waals surface area (Å²) in [6.45, 7) is 2.82. The summed E-state index contributed by atoms with van der Waals surface area (Å²) in [6.07, 6.45) is 1.82. The fourth-order valence-corrected chi connectivity index (χ4v) is 3.10. The lowest BCUT2D eigenvalue weighted by Gasteiger charge is -2.16. The topological polar surface area (TPSA) is 47.3 Å². The second kappa shape index (κ2) is 6.29. The molecule has 0 aliphatic heterocycles. The second-order valence-electron chi connectivity index (χ2n) is 6.62. The first-order valence-electron chi connectivity index (χ1n) is 8.53. The van der Waals surface area contributed by atoms with Crippen LogP contribution in [-0.4, -0.2) is 27.4 Å². The van der Waals surface area contributed by atoms with E-state index in [4.69, 9.17) is 9.72 Å². The number of imidazole rings is 1. The summed E-state index contributed by atoms with van der Waals surface area (Å²) in [5.41, 5.74) is 3.25. The summed E-state index contributed by atoms with van der Waals surface area (Å²) >= 11 is 0. The molecule has 24 heavy (non-hydrogen) atoms. The van der Waals surface area contributed by atoms with Gasteiger partial charge in [-0.25, -0.2) is 4.98 Å². The fourth-order valence-electron chi connectivity index (χ4n) is 3.10. The smallest absolute Gasteiger partial charge is 0.119 e. The SMILES string of the molecule is Cc1cccc(OC[C@H](O)Cn2c(C3CC3)nc3ccccc32)c1. The van der Waals surface area contributed by atoms with E-state index in [1.165, 1.54) is 12.8 Å². The van der Waals surface area contributed by atoms with E-state index in [0.29, 0.717) is 12.5 Å². The Kier molecular flexibility index (Phi) is 3.98. The zero-order valence-electron chi connectivity index (χ0n) is 13.9. The predicted molar refractivity (Wildman–Crippen MR) is 94.4 cm³/mol. The van der Waals surface area contributed by atoms with Gasteiger partial charge in [-0.1, -0.05) is 24.3 Å². The van der Waals surface area contributed by atoms with Gasteiger partial charge in [-0.2, -0.15) is 0 Å². The third-order valence-corrected chi connectivity index (χ3v) is 4.45. The normalized spacial score (nSPS) is 15.6. The molecule has 1 aliphatic carbocycles. The minimum atomic E-state index is -0.569. The number of rotatable bonds is 6. The molecule has 4 heteroatoms. The van der Waals surface area contributed by atoms with Gasteiger partial charge >= 0.3 is 0 Å². The molecule has 3 aromatic rings. The van der Waals surface area contributed by atoms with Crippen LogP contribution in [-0.2, 0) is 6.54 Å². The molecule has 1 aliphatic rings. The largest absolute Gasteiger partial charge is 0.491 e. The second-order valence-corrected chi connectivity index (χ2v) is 6.62. The van der Waals surface area contributed by atoms with Gasteiger partial charge in [0.05, 0.1) is 17.6 Å². The Labute approximate surface area is 141 Å². The van der Waals surface area contributed by atoms with Crippen LogP contribution < -0.4 is 4.74 Å². The summed E-state index contributed by atoms with van der Waals surface area (Å²) in [4.78, 5) is 4.77. The monoisotopic (exact) mass is 322 g/mol. The Morgan fingerprint density at radius 3 is 2.83 bits per heavy atom. The third-order valence-electron chi connectivity index (χ3n) is 4.45. The minimum Gasteiger partial charge on any atom is -0.491 e. The number of benzene rings is 2. The Balaban J connectivity index is 1.50. The highest BCUT2D eigenvalue weighted by Crippen LogP contribution is 2.40. The van der Waals surface area contributed by atoms with E-state index >= 15 is 0 Å². The van der Waals surface area contributed by atoms with E-state index in [2.05, 4.69) is 10.6 Å². The highest BCUT2D eigenvalue weighted by molar-refractivity contribution is 5.76. The van der Waals surface area contributed by atoms with Crippen LogP contribution in [0.3, 0.4) is 0 Å². The van der Waals surface area contributed by atoms with Crippen molar-refractivity contribution >= 4 is 11.0 Å². The maximum Gasteiger partial charge on any atom is 0.119 e. The highest BCUT2D eigenvalue weighted by atomic mass is 16.5. The van der Waals surface area contributed by atoms with Gasteiger partial charge in [0.25, 0.3) is 0 Å². The van der Waals surface area contributed by atoms with Crippen LogP contribution in [0.2, 0.25) is 0 Å². The number of ether oxygens (including phenoxy) is 1. The summed E-state index contributed by atoms with van der Waals surface area (Å²) in [5.74, 6) is 2.44. The van der Waals surface area contributed by atoms with Crippen molar-refractivity contribution in [2.75, 3.05) is 6.61 Å². The first-order chi connectivity index (χ1) is 11.7. The van der Waals surface area contributed by atoms with Crippen LogP contribution in [0.4, 0.5) is 0 Å². The minimum absolute atomic E-state index is 0.278. The van der Waals surface area contributed by atoms with E-state index in [0.717, 1.165) is 28.2 Å². The van der Waals surface area contributed by atoms with Gasteiger partial charge in [0.2, 0.25) is 0 Å². The molecule has 4 nitrogen and oxygen atoms in total. The van der Waals surface area contributed by atoms with Crippen LogP contribution >= 0.6 is 0 Å². The molecule has 1 fully saturated rings. The molecule has 0 radical (unpaired) electrons. The number of fused-ring (bicyclic) bond motifs is 1. The Morgan fingerprint density at radius 1 is 1.21 bits per heavy atom. The van der Waals surface area contributed by atoms with Crippen LogP contribution in [0.1, 0.15) is 30.1 Å². The highest BCUT2D eigenvalue weighted by Gasteiger charge is 2.30. The van der Waals surface area contributed by atoms with E-state index < -0.39 is 6.10 Å². The number of aliphatic hydroxyl groups excluding tert-OH is 1. The average molecular weight is 322 g/mol.